The maximum Gasteiger partial charge on any atom is 0.0924 e. The smallest absolute Gasteiger partial charge is 0.0924 e. The van der Waals surface area contributed by atoms with Crippen molar-refractivity contribution in [3.8, 4) is 0 Å². The Morgan fingerprint density at radius 1 is 1.11 bits per heavy atom. The lowest BCUT2D eigenvalue weighted by Gasteiger charge is -2.30. The molecule has 1 aromatic heterocycles. The lowest BCUT2D eigenvalue weighted by Crippen LogP contribution is -2.43. The van der Waals surface area contributed by atoms with E-state index in [1.807, 2.05) is 18.2 Å². The van der Waals surface area contributed by atoms with Gasteiger partial charge in [0.25, 0.3) is 0 Å². The molecule has 1 saturated heterocycles. The van der Waals surface area contributed by atoms with E-state index in [9.17, 15) is 0 Å². The van der Waals surface area contributed by atoms with Crippen LogP contribution in [0.15, 0.2) is 24.4 Å². The van der Waals surface area contributed by atoms with Crippen LogP contribution in [0.3, 0.4) is 0 Å². The van der Waals surface area contributed by atoms with Gasteiger partial charge in [0.1, 0.15) is 0 Å². The average Bonchev–Trinajstić information content (AvgIpc) is 2.43. The summed E-state index contributed by atoms with van der Waals surface area (Å²) in [7, 11) is 0. The third kappa shape index (κ3) is 2.75. The summed E-state index contributed by atoms with van der Waals surface area (Å²) in [6.45, 7) is 4.01. The van der Waals surface area contributed by atoms with Crippen LogP contribution in [0.25, 0.3) is 10.9 Å². The van der Waals surface area contributed by atoms with Crippen LogP contribution in [0.1, 0.15) is 0 Å². The first kappa shape index (κ1) is 14.7. The molecule has 0 saturated carbocycles. The monoisotopic (exact) mass is 317 g/mol. The second-order valence-electron chi connectivity index (χ2n) is 4.32. The van der Waals surface area contributed by atoms with E-state index in [0.29, 0.717) is 10.0 Å². The van der Waals surface area contributed by atoms with Gasteiger partial charge in [0.2, 0.25) is 0 Å². The first-order valence-electron chi connectivity index (χ1n) is 5.96. The third-order valence-electron chi connectivity index (χ3n) is 3.24. The minimum absolute atomic E-state index is 0. The van der Waals surface area contributed by atoms with Crippen LogP contribution in [0.2, 0.25) is 10.0 Å². The molecule has 0 radical (unpaired) electrons. The van der Waals surface area contributed by atoms with Gasteiger partial charge in [-0.15, -0.1) is 12.4 Å². The second-order valence-corrected chi connectivity index (χ2v) is 5.11. The maximum atomic E-state index is 6.21. The van der Waals surface area contributed by atoms with Gasteiger partial charge in [0, 0.05) is 43.4 Å². The van der Waals surface area contributed by atoms with Gasteiger partial charge in [-0.05, 0) is 18.2 Å². The van der Waals surface area contributed by atoms with Gasteiger partial charge in [-0.1, -0.05) is 23.2 Å². The summed E-state index contributed by atoms with van der Waals surface area (Å²) >= 11 is 12.2. The SMILES string of the molecule is Cl.Clc1ccc2c(N3CCNCC3)ccnc2c1Cl. The van der Waals surface area contributed by atoms with Gasteiger partial charge in [-0.2, -0.15) is 0 Å². The lowest BCUT2D eigenvalue weighted by molar-refractivity contribution is 0.590. The van der Waals surface area contributed by atoms with E-state index >= 15 is 0 Å². The molecule has 1 N–H and O–H groups in total. The lowest BCUT2D eigenvalue weighted by atomic mass is 10.1. The van der Waals surface area contributed by atoms with Crippen molar-refractivity contribution < 1.29 is 0 Å². The summed E-state index contributed by atoms with van der Waals surface area (Å²) < 4.78 is 0. The van der Waals surface area contributed by atoms with Gasteiger partial charge < -0.3 is 10.2 Å². The van der Waals surface area contributed by atoms with Gasteiger partial charge in [0.05, 0.1) is 15.6 Å². The standard InChI is InChI=1S/C13H13Cl2N3.ClH/c14-10-2-1-9-11(18-7-5-16-6-8-18)3-4-17-13(9)12(10)15;/h1-4,16H,5-8H2;1H. The molecular formula is C13H14Cl3N3. The van der Waals surface area contributed by atoms with Crippen LogP contribution in [-0.4, -0.2) is 31.2 Å². The fourth-order valence-corrected chi connectivity index (χ4v) is 2.69. The molecule has 1 aromatic carbocycles. The zero-order chi connectivity index (χ0) is 12.5. The highest BCUT2D eigenvalue weighted by Crippen LogP contribution is 2.34. The number of nitrogens with one attached hydrogen (secondary N) is 1. The zero-order valence-electron chi connectivity index (χ0n) is 10.2. The number of halogens is 3. The van der Waals surface area contributed by atoms with E-state index in [1.54, 1.807) is 6.20 Å². The molecule has 2 aromatic rings. The van der Waals surface area contributed by atoms with Gasteiger partial charge >= 0.3 is 0 Å². The molecule has 0 bridgehead atoms. The van der Waals surface area contributed by atoms with Crippen molar-refractivity contribution in [2.45, 2.75) is 0 Å². The van der Waals surface area contributed by atoms with E-state index in [2.05, 4.69) is 15.2 Å². The molecular weight excluding hydrogens is 305 g/mol. The normalized spacial score (nSPS) is 15.4. The van der Waals surface area contributed by atoms with Gasteiger partial charge in [-0.25, -0.2) is 0 Å². The van der Waals surface area contributed by atoms with Gasteiger partial charge in [-0.3, -0.25) is 4.98 Å². The number of rotatable bonds is 1. The number of benzene rings is 1. The summed E-state index contributed by atoms with van der Waals surface area (Å²) in [5.74, 6) is 0. The molecule has 0 amide bonds. The fourth-order valence-electron chi connectivity index (χ4n) is 2.33. The van der Waals surface area contributed by atoms with Crippen molar-refractivity contribution in [3.63, 3.8) is 0 Å². The quantitative estimate of drug-likeness (QED) is 0.874. The number of anilines is 1. The van der Waals surface area contributed by atoms with Crippen LogP contribution in [0.5, 0.6) is 0 Å². The minimum Gasteiger partial charge on any atom is -0.368 e. The van der Waals surface area contributed by atoms with Crippen molar-refractivity contribution in [2.24, 2.45) is 0 Å². The highest BCUT2D eigenvalue weighted by Gasteiger charge is 2.15. The number of fused-ring (bicyclic) bond motifs is 1. The Bertz CT molecular complexity index is 583. The first-order chi connectivity index (χ1) is 8.77. The number of aromatic nitrogens is 1. The Balaban J connectivity index is 0.00000133. The molecule has 3 nitrogen and oxygen atoms in total. The minimum atomic E-state index is 0. The van der Waals surface area contributed by atoms with Crippen molar-refractivity contribution in [1.82, 2.24) is 10.3 Å². The molecule has 2 heterocycles. The van der Waals surface area contributed by atoms with E-state index in [-0.39, 0.29) is 12.4 Å². The van der Waals surface area contributed by atoms with E-state index in [1.165, 1.54) is 5.69 Å². The zero-order valence-corrected chi connectivity index (χ0v) is 12.5. The highest BCUT2D eigenvalue weighted by atomic mass is 35.5. The Morgan fingerprint density at radius 3 is 2.58 bits per heavy atom. The Hall–Kier alpha value is -0.740. The number of hydrogen-bond donors (Lipinski definition) is 1. The topological polar surface area (TPSA) is 28.2 Å². The largest absolute Gasteiger partial charge is 0.368 e. The number of nitrogens with zero attached hydrogens (tertiary/aromatic N) is 2. The predicted molar refractivity (Wildman–Crippen MR) is 84.1 cm³/mol. The van der Waals surface area contributed by atoms with Crippen LogP contribution in [-0.2, 0) is 0 Å². The fraction of sp³-hybridized carbons (Fsp3) is 0.308. The molecule has 0 aliphatic carbocycles. The first-order valence-corrected chi connectivity index (χ1v) is 6.71. The van der Waals surface area contributed by atoms with Crippen LogP contribution < -0.4 is 10.2 Å². The maximum absolute atomic E-state index is 6.21. The Kier molecular flexibility index (Phi) is 4.74. The Labute approximate surface area is 128 Å². The molecule has 1 aliphatic heterocycles. The van der Waals surface area contributed by atoms with Crippen molar-refractivity contribution in [2.75, 3.05) is 31.1 Å². The summed E-state index contributed by atoms with van der Waals surface area (Å²) in [6.07, 6.45) is 1.79. The summed E-state index contributed by atoms with van der Waals surface area (Å²) in [4.78, 5) is 6.69. The van der Waals surface area contributed by atoms with Crippen molar-refractivity contribution in [1.29, 1.82) is 0 Å². The second kappa shape index (κ2) is 6.14. The molecule has 1 aliphatic rings. The average molecular weight is 319 g/mol. The van der Waals surface area contributed by atoms with Crippen LogP contribution in [0, 0.1) is 0 Å². The summed E-state index contributed by atoms with van der Waals surface area (Å²) in [5.41, 5.74) is 1.96. The van der Waals surface area contributed by atoms with E-state index in [4.69, 9.17) is 23.2 Å². The molecule has 3 rings (SSSR count). The van der Waals surface area contributed by atoms with Crippen LogP contribution >= 0.6 is 35.6 Å². The summed E-state index contributed by atoms with van der Waals surface area (Å²) in [6, 6.07) is 5.87. The predicted octanol–water partition coefficient (Wildman–Crippen LogP) is 3.37. The molecule has 6 heteroatoms. The van der Waals surface area contributed by atoms with Crippen LogP contribution in [0.4, 0.5) is 5.69 Å². The van der Waals surface area contributed by atoms with E-state index < -0.39 is 0 Å². The molecule has 0 spiro atoms. The number of pyridine rings is 1. The van der Waals surface area contributed by atoms with Gasteiger partial charge in [0.15, 0.2) is 0 Å². The summed E-state index contributed by atoms with van der Waals surface area (Å²) in [5, 5.41) is 5.50. The number of hydrogen-bond acceptors (Lipinski definition) is 3. The van der Waals surface area contributed by atoms with Crippen molar-refractivity contribution in [3.05, 3.63) is 34.4 Å². The molecule has 0 atom stereocenters. The molecule has 0 unspecified atom stereocenters. The highest BCUT2D eigenvalue weighted by molar-refractivity contribution is 6.45. The molecule has 1 fully saturated rings. The van der Waals surface area contributed by atoms with E-state index in [0.717, 1.165) is 37.1 Å². The molecule has 19 heavy (non-hydrogen) atoms. The van der Waals surface area contributed by atoms with Crippen molar-refractivity contribution >= 4 is 52.2 Å². The Morgan fingerprint density at radius 2 is 1.84 bits per heavy atom. The molecule has 102 valence electrons. The number of piperazine rings is 1. The third-order valence-corrected chi connectivity index (χ3v) is 4.03.